The van der Waals surface area contributed by atoms with Gasteiger partial charge in [0.25, 0.3) is 0 Å². The van der Waals surface area contributed by atoms with Gasteiger partial charge in [-0.2, -0.15) is 0 Å². The van der Waals surface area contributed by atoms with E-state index in [1.165, 1.54) is 74.7 Å². The highest BCUT2D eigenvalue weighted by molar-refractivity contribution is 7.25. The predicted molar refractivity (Wildman–Crippen MR) is 260 cm³/mol. The molecular weight excluding hydrogens is 757 g/mol. The molecule has 0 spiro atoms. The molecular formula is C58H36N2S. The molecule has 12 rings (SSSR count). The Morgan fingerprint density at radius 3 is 1.69 bits per heavy atom. The first-order valence-electron chi connectivity index (χ1n) is 20.7. The van der Waals surface area contributed by atoms with Gasteiger partial charge in [-0.05, 0) is 90.0 Å². The normalized spacial score (nSPS) is 11.6. The highest BCUT2D eigenvalue weighted by Crippen LogP contribution is 2.42. The Bertz CT molecular complexity index is 3620. The molecule has 0 aliphatic carbocycles. The van der Waals surface area contributed by atoms with E-state index in [-0.39, 0.29) is 0 Å². The van der Waals surface area contributed by atoms with Crippen molar-refractivity contribution in [3.05, 3.63) is 218 Å². The second kappa shape index (κ2) is 14.5. The quantitative estimate of drug-likeness (QED) is 0.124. The third kappa shape index (κ3) is 6.18. The molecule has 0 N–H and O–H groups in total. The summed E-state index contributed by atoms with van der Waals surface area (Å²) >= 11 is 1.85. The molecule has 3 heteroatoms. The first kappa shape index (κ1) is 35.2. The fourth-order valence-corrected chi connectivity index (χ4v) is 10.2. The van der Waals surface area contributed by atoms with E-state index in [2.05, 4.69) is 218 Å². The number of thiophene rings is 1. The van der Waals surface area contributed by atoms with E-state index >= 15 is 0 Å². The summed E-state index contributed by atoms with van der Waals surface area (Å²) in [5.74, 6) is 0.690. The lowest BCUT2D eigenvalue weighted by molar-refractivity contribution is 1.18. The summed E-state index contributed by atoms with van der Waals surface area (Å²) in [6.07, 6.45) is 0. The zero-order chi connectivity index (χ0) is 40.3. The molecule has 0 fully saturated rings. The Balaban J connectivity index is 1.01. The van der Waals surface area contributed by atoms with E-state index in [0.29, 0.717) is 5.82 Å². The maximum absolute atomic E-state index is 5.38. The van der Waals surface area contributed by atoms with Crippen molar-refractivity contribution in [2.45, 2.75) is 0 Å². The van der Waals surface area contributed by atoms with Crippen LogP contribution < -0.4 is 0 Å². The maximum Gasteiger partial charge on any atom is 0.160 e. The van der Waals surface area contributed by atoms with Gasteiger partial charge in [-0.3, -0.25) is 0 Å². The number of fused-ring (bicyclic) bond motifs is 7. The summed E-state index contributed by atoms with van der Waals surface area (Å²) in [5, 5.41) is 10.1. The fraction of sp³-hybridized carbons (Fsp3) is 0. The Morgan fingerprint density at radius 1 is 0.279 bits per heavy atom. The first-order chi connectivity index (χ1) is 30.2. The lowest BCUT2D eigenvalue weighted by Crippen LogP contribution is -1.97. The van der Waals surface area contributed by atoms with E-state index in [0.717, 1.165) is 39.2 Å². The Labute approximate surface area is 357 Å². The van der Waals surface area contributed by atoms with E-state index in [1.54, 1.807) is 0 Å². The second-order valence-corrected chi connectivity index (χ2v) is 16.8. The van der Waals surface area contributed by atoms with Gasteiger partial charge in [-0.15, -0.1) is 11.3 Å². The van der Waals surface area contributed by atoms with Crippen LogP contribution in [0.3, 0.4) is 0 Å². The third-order valence-electron chi connectivity index (χ3n) is 12.1. The average molecular weight is 793 g/mol. The minimum Gasteiger partial charge on any atom is -0.228 e. The van der Waals surface area contributed by atoms with E-state index in [1.807, 2.05) is 11.3 Å². The van der Waals surface area contributed by atoms with Gasteiger partial charge in [0.05, 0.1) is 11.4 Å². The number of hydrogen-bond donors (Lipinski definition) is 0. The molecule has 2 nitrogen and oxygen atoms in total. The van der Waals surface area contributed by atoms with Crippen molar-refractivity contribution in [2.75, 3.05) is 0 Å². The van der Waals surface area contributed by atoms with Crippen LogP contribution in [0, 0.1) is 0 Å². The smallest absolute Gasteiger partial charge is 0.160 e. The molecule has 284 valence electrons. The Kier molecular flexibility index (Phi) is 8.39. The van der Waals surface area contributed by atoms with E-state index in [9.17, 15) is 0 Å². The standard InChI is InChI=1S/C58H36N2S/c1-2-12-37(13-3-1)38-22-24-40(25-23-38)53-36-54(48-19-9-8-17-46(48)44-31-32-50-49-20-10-11-21-55(49)61-56(50)35-44)60-58(59-53)42-28-26-41(27-29-42)57-47-18-7-5-15-43(47)34-52-45-16-6-4-14-39(45)30-33-51(52)57/h1-36H. The van der Waals surface area contributed by atoms with E-state index < -0.39 is 0 Å². The number of aromatic nitrogens is 2. The molecule has 0 aliphatic rings. The molecule has 2 heterocycles. The molecule has 0 saturated carbocycles. The minimum atomic E-state index is 0.690. The average Bonchev–Trinajstić information content (AvgIpc) is 3.71. The van der Waals surface area contributed by atoms with Crippen LogP contribution in [0.1, 0.15) is 0 Å². The van der Waals surface area contributed by atoms with Crippen LogP contribution in [0.25, 0.3) is 120 Å². The van der Waals surface area contributed by atoms with Crippen LogP contribution in [-0.4, -0.2) is 9.97 Å². The van der Waals surface area contributed by atoms with Crippen molar-refractivity contribution >= 4 is 63.8 Å². The first-order valence-corrected chi connectivity index (χ1v) is 21.5. The van der Waals surface area contributed by atoms with Crippen LogP contribution in [0.5, 0.6) is 0 Å². The Morgan fingerprint density at radius 2 is 0.852 bits per heavy atom. The SMILES string of the molecule is c1ccc(-c2ccc(-c3cc(-c4ccccc4-c4ccc5c(c4)sc4ccccc45)nc(-c4ccc(-c5c6ccccc6cc6c5ccc5ccccc56)cc4)n3)cc2)cc1. The topological polar surface area (TPSA) is 25.8 Å². The van der Waals surface area contributed by atoms with Crippen molar-refractivity contribution in [3.8, 4) is 67.3 Å². The molecule has 0 atom stereocenters. The predicted octanol–water partition coefficient (Wildman–Crippen LogP) is 16.3. The van der Waals surface area contributed by atoms with Crippen molar-refractivity contribution < 1.29 is 0 Å². The van der Waals surface area contributed by atoms with Crippen LogP contribution in [-0.2, 0) is 0 Å². The molecule has 61 heavy (non-hydrogen) atoms. The lowest BCUT2D eigenvalue weighted by atomic mass is 9.89. The third-order valence-corrected chi connectivity index (χ3v) is 13.2. The number of rotatable bonds is 6. The molecule has 0 aliphatic heterocycles. The molecule has 0 bridgehead atoms. The lowest BCUT2D eigenvalue weighted by Gasteiger charge is -2.15. The molecule has 0 unspecified atom stereocenters. The summed E-state index contributed by atoms with van der Waals surface area (Å²) < 4.78 is 2.59. The molecule has 10 aromatic carbocycles. The summed E-state index contributed by atoms with van der Waals surface area (Å²) in [5.41, 5.74) is 11.9. The molecule has 2 aromatic heterocycles. The van der Waals surface area contributed by atoms with Gasteiger partial charge in [0.15, 0.2) is 5.82 Å². The summed E-state index contributed by atoms with van der Waals surface area (Å²) in [6.45, 7) is 0. The fourth-order valence-electron chi connectivity index (χ4n) is 9.10. The number of hydrogen-bond acceptors (Lipinski definition) is 3. The van der Waals surface area contributed by atoms with Crippen LogP contribution in [0.15, 0.2) is 218 Å². The largest absolute Gasteiger partial charge is 0.228 e. The summed E-state index contributed by atoms with van der Waals surface area (Å²) in [6, 6.07) is 78.7. The zero-order valence-corrected chi connectivity index (χ0v) is 33.9. The maximum atomic E-state index is 5.38. The monoisotopic (exact) mass is 792 g/mol. The van der Waals surface area contributed by atoms with Crippen molar-refractivity contribution in [1.82, 2.24) is 9.97 Å². The van der Waals surface area contributed by atoms with Crippen molar-refractivity contribution in [1.29, 1.82) is 0 Å². The minimum absolute atomic E-state index is 0.690. The van der Waals surface area contributed by atoms with Gasteiger partial charge < -0.3 is 0 Å². The molecule has 0 amide bonds. The number of benzene rings is 10. The van der Waals surface area contributed by atoms with Crippen molar-refractivity contribution in [3.63, 3.8) is 0 Å². The van der Waals surface area contributed by atoms with Gasteiger partial charge in [0.1, 0.15) is 0 Å². The zero-order valence-electron chi connectivity index (χ0n) is 33.1. The van der Waals surface area contributed by atoms with Gasteiger partial charge in [0.2, 0.25) is 0 Å². The Hall–Kier alpha value is -7.72. The summed E-state index contributed by atoms with van der Waals surface area (Å²) in [7, 11) is 0. The highest BCUT2D eigenvalue weighted by Gasteiger charge is 2.17. The number of nitrogens with zero attached hydrogens (tertiary/aromatic N) is 2. The van der Waals surface area contributed by atoms with Gasteiger partial charge >= 0.3 is 0 Å². The second-order valence-electron chi connectivity index (χ2n) is 15.7. The molecule has 0 radical (unpaired) electrons. The van der Waals surface area contributed by atoms with Crippen LogP contribution in [0.2, 0.25) is 0 Å². The van der Waals surface area contributed by atoms with Crippen molar-refractivity contribution in [2.24, 2.45) is 0 Å². The highest BCUT2D eigenvalue weighted by atomic mass is 32.1. The van der Waals surface area contributed by atoms with Crippen LogP contribution >= 0.6 is 11.3 Å². The van der Waals surface area contributed by atoms with Crippen LogP contribution in [0.4, 0.5) is 0 Å². The summed E-state index contributed by atoms with van der Waals surface area (Å²) in [4.78, 5) is 10.7. The molecule has 0 saturated heterocycles. The van der Waals surface area contributed by atoms with Gasteiger partial charge in [0, 0.05) is 36.9 Å². The van der Waals surface area contributed by atoms with Gasteiger partial charge in [-0.25, -0.2) is 9.97 Å². The molecule has 12 aromatic rings. The van der Waals surface area contributed by atoms with Gasteiger partial charge in [-0.1, -0.05) is 194 Å². The van der Waals surface area contributed by atoms with E-state index in [4.69, 9.17) is 9.97 Å².